The number of carbonyl (C=O) groups is 1. The third-order valence-corrected chi connectivity index (χ3v) is 4.36. The summed E-state index contributed by atoms with van der Waals surface area (Å²) >= 11 is 1.54. The lowest BCUT2D eigenvalue weighted by molar-refractivity contribution is -0.144. The molecule has 5 nitrogen and oxygen atoms in total. The summed E-state index contributed by atoms with van der Waals surface area (Å²) < 4.78 is 0. The Hall–Kier alpha value is -1.53. The molecule has 0 aliphatic carbocycles. The maximum absolute atomic E-state index is 11.2. The number of aromatic amines is 1. The van der Waals surface area contributed by atoms with E-state index in [2.05, 4.69) is 21.4 Å². The summed E-state index contributed by atoms with van der Waals surface area (Å²) in [5, 5.41) is 12.9. The molecule has 0 amide bonds. The Morgan fingerprint density at radius 2 is 2.30 bits per heavy atom. The van der Waals surface area contributed by atoms with Crippen molar-refractivity contribution in [2.75, 3.05) is 12.8 Å². The normalized spacial score (nSPS) is 14.3. The highest BCUT2D eigenvalue weighted by Gasteiger charge is 2.30. The van der Waals surface area contributed by atoms with Gasteiger partial charge in [-0.2, -0.15) is 0 Å². The van der Waals surface area contributed by atoms with Crippen LogP contribution >= 0.6 is 11.8 Å². The first-order valence-corrected chi connectivity index (χ1v) is 7.44. The van der Waals surface area contributed by atoms with Crippen molar-refractivity contribution < 1.29 is 9.90 Å². The van der Waals surface area contributed by atoms with Gasteiger partial charge >= 0.3 is 5.97 Å². The van der Waals surface area contributed by atoms with Gasteiger partial charge in [0.25, 0.3) is 0 Å². The molecular weight excluding hydrogens is 274 g/mol. The minimum atomic E-state index is -0.893. The molecule has 1 aromatic carbocycles. The van der Waals surface area contributed by atoms with E-state index in [1.54, 1.807) is 25.7 Å². The highest BCUT2D eigenvalue weighted by Crippen LogP contribution is 2.23. The maximum Gasteiger partial charge on any atom is 0.323 e. The summed E-state index contributed by atoms with van der Waals surface area (Å²) in [6.45, 7) is 3.73. The highest BCUT2D eigenvalue weighted by molar-refractivity contribution is 7.99. The Balaban J connectivity index is 2.01. The second-order valence-corrected chi connectivity index (χ2v) is 6.13. The van der Waals surface area contributed by atoms with Crippen LogP contribution < -0.4 is 5.32 Å². The Kier molecular flexibility index (Phi) is 4.35. The van der Waals surface area contributed by atoms with Crippen molar-refractivity contribution in [3.05, 3.63) is 23.8 Å². The third kappa shape index (κ3) is 3.13. The van der Waals surface area contributed by atoms with Crippen molar-refractivity contribution in [1.29, 1.82) is 0 Å². The van der Waals surface area contributed by atoms with Crippen molar-refractivity contribution in [3.8, 4) is 0 Å². The molecule has 20 heavy (non-hydrogen) atoms. The van der Waals surface area contributed by atoms with Crippen LogP contribution in [0.15, 0.2) is 23.4 Å². The quantitative estimate of drug-likeness (QED) is 0.713. The van der Waals surface area contributed by atoms with E-state index in [-0.39, 0.29) is 0 Å². The number of thioether (sulfide) groups is 1. The molecule has 0 saturated carbocycles. The van der Waals surface area contributed by atoms with Crippen LogP contribution in [-0.2, 0) is 4.79 Å². The number of nitrogens with zero attached hydrogens (tertiary/aromatic N) is 1. The molecule has 0 bridgehead atoms. The molecule has 0 spiro atoms. The zero-order chi connectivity index (χ0) is 14.8. The number of aromatic nitrogens is 2. The first kappa shape index (κ1) is 14.9. The first-order valence-electron chi connectivity index (χ1n) is 6.46. The molecule has 0 aliphatic heterocycles. The molecule has 3 N–H and O–H groups in total. The fraction of sp³-hybridized carbons (Fsp3) is 0.429. The zero-order valence-corrected chi connectivity index (χ0v) is 12.7. The number of carboxylic acid groups (broad SMARTS) is 1. The van der Waals surface area contributed by atoms with Gasteiger partial charge in [-0.3, -0.25) is 4.79 Å². The molecule has 0 fully saturated rings. The second kappa shape index (κ2) is 5.85. The number of aryl methyl sites for hydroxylation is 1. The van der Waals surface area contributed by atoms with Gasteiger partial charge in [0.2, 0.25) is 0 Å². The topological polar surface area (TPSA) is 78.0 Å². The molecule has 0 radical (unpaired) electrons. The number of likely N-dealkylation sites (N-methyl/N-ethyl adjacent to an activating group) is 1. The number of fused-ring (bicyclic) bond motifs is 1. The predicted octanol–water partition coefficient (Wildman–Crippen LogP) is 2.42. The summed E-state index contributed by atoms with van der Waals surface area (Å²) in [5.41, 5.74) is 2.25. The number of hydrogen-bond acceptors (Lipinski definition) is 4. The molecule has 2 aromatic rings. The van der Waals surface area contributed by atoms with Crippen LogP contribution in [0.5, 0.6) is 0 Å². The summed E-state index contributed by atoms with van der Waals surface area (Å²) in [6, 6.07) is 6.07. The van der Waals surface area contributed by atoms with Crippen LogP contribution in [0.4, 0.5) is 0 Å². The number of H-pyrrole nitrogens is 1. The van der Waals surface area contributed by atoms with Gasteiger partial charge in [-0.1, -0.05) is 17.8 Å². The fourth-order valence-corrected chi connectivity index (χ4v) is 2.91. The smallest absolute Gasteiger partial charge is 0.323 e. The molecule has 2 rings (SSSR count). The van der Waals surface area contributed by atoms with Crippen LogP contribution in [0.25, 0.3) is 11.0 Å². The Labute approximate surface area is 122 Å². The Morgan fingerprint density at radius 1 is 1.55 bits per heavy atom. The number of rotatable bonds is 6. The Bertz CT molecular complexity index is 626. The molecule has 1 heterocycles. The average Bonchev–Trinajstić information content (AvgIpc) is 2.79. The van der Waals surface area contributed by atoms with Crippen molar-refractivity contribution >= 4 is 28.8 Å². The molecule has 0 saturated heterocycles. The number of aliphatic carboxylic acids is 1. The first-order chi connectivity index (χ1) is 9.44. The highest BCUT2D eigenvalue weighted by atomic mass is 32.2. The van der Waals surface area contributed by atoms with Crippen LogP contribution in [0, 0.1) is 6.92 Å². The van der Waals surface area contributed by atoms with Crippen molar-refractivity contribution in [3.63, 3.8) is 0 Å². The maximum atomic E-state index is 11.2. The minimum absolute atomic E-state index is 0.527. The van der Waals surface area contributed by atoms with Gasteiger partial charge in [-0.25, -0.2) is 4.98 Å². The molecule has 1 unspecified atom stereocenters. The van der Waals surface area contributed by atoms with Crippen LogP contribution in [0.3, 0.4) is 0 Å². The van der Waals surface area contributed by atoms with Crippen molar-refractivity contribution in [1.82, 2.24) is 15.3 Å². The fourth-order valence-electron chi connectivity index (χ4n) is 1.86. The van der Waals surface area contributed by atoms with E-state index in [1.165, 1.54) is 5.56 Å². The molecular formula is C14H19N3O2S. The largest absolute Gasteiger partial charge is 0.480 e. The lowest BCUT2D eigenvalue weighted by atomic mass is 10.00. The number of imidazole rings is 1. The standard InChI is InChI=1S/C14H19N3O2S/c1-9-4-5-10-11(8-9)17-13(16-10)20-7-6-14(2,15-3)12(18)19/h4-5,8,15H,6-7H2,1-3H3,(H,16,17)(H,18,19). The molecule has 108 valence electrons. The second-order valence-electron chi connectivity index (χ2n) is 5.05. The number of nitrogens with one attached hydrogen (secondary N) is 2. The molecule has 0 aliphatic rings. The SMILES string of the molecule is CNC(C)(CCSc1nc2ccc(C)cc2[nH]1)C(=O)O. The van der Waals surface area contributed by atoms with Crippen molar-refractivity contribution in [2.24, 2.45) is 0 Å². The van der Waals surface area contributed by atoms with Crippen molar-refractivity contribution in [2.45, 2.75) is 31.0 Å². The molecule has 1 aromatic heterocycles. The minimum Gasteiger partial charge on any atom is -0.480 e. The lowest BCUT2D eigenvalue weighted by Crippen LogP contribution is -2.47. The average molecular weight is 293 g/mol. The summed E-state index contributed by atoms with van der Waals surface area (Å²) in [5.74, 6) is -0.150. The summed E-state index contributed by atoms with van der Waals surface area (Å²) in [4.78, 5) is 18.9. The molecule has 1 atom stereocenters. The van der Waals surface area contributed by atoms with E-state index >= 15 is 0 Å². The Morgan fingerprint density at radius 3 is 2.95 bits per heavy atom. The van der Waals surface area contributed by atoms with E-state index < -0.39 is 11.5 Å². The van der Waals surface area contributed by atoms with E-state index in [4.69, 9.17) is 0 Å². The van der Waals surface area contributed by atoms with Gasteiger partial charge in [0.15, 0.2) is 5.16 Å². The van der Waals surface area contributed by atoms with E-state index in [9.17, 15) is 9.90 Å². The van der Waals surface area contributed by atoms with E-state index in [0.29, 0.717) is 12.2 Å². The monoisotopic (exact) mass is 293 g/mol. The third-order valence-electron chi connectivity index (χ3n) is 3.48. The van der Waals surface area contributed by atoms with Crippen LogP contribution in [0.2, 0.25) is 0 Å². The van der Waals surface area contributed by atoms with Crippen LogP contribution in [-0.4, -0.2) is 39.4 Å². The van der Waals surface area contributed by atoms with Gasteiger partial charge in [-0.05, 0) is 45.0 Å². The van der Waals surface area contributed by atoms with Gasteiger partial charge in [0, 0.05) is 5.75 Å². The number of carboxylic acids is 1. The number of hydrogen-bond donors (Lipinski definition) is 3. The lowest BCUT2D eigenvalue weighted by Gasteiger charge is -2.23. The van der Waals surface area contributed by atoms with E-state index in [1.807, 2.05) is 19.1 Å². The van der Waals surface area contributed by atoms with E-state index in [0.717, 1.165) is 16.2 Å². The van der Waals surface area contributed by atoms with Gasteiger partial charge < -0.3 is 15.4 Å². The van der Waals surface area contributed by atoms with Crippen LogP contribution in [0.1, 0.15) is 18.9 Å². The van der Waals surface area contributed by atoms with Gasteiger partial charge in [-0.15, -0.1) is 0 Å². The predicted molar refractivity (Wildman–Crippen MR) is 81.3 cm³/mol. The van der Waals surface area contributed by atoms with Gasteiger partial charge in [0.05, 0.1) is 11.0 Å². The summed E-state index contributed by atoms with van der Waals surface area (Å²) in [7, 11) is 1.67. The summed E-state index contributed by atoms with van der Waals surface area (Å²) in [6.07, 6.45) is 0.527. The molecule has 6 heteroatoms. The zero-order valence-electron chi connectivity index (χ0n) is 11.9. The number of benzene rings is 1. The van der Waals surface area contributed by atoms with Gasteiger partial charge in [0.1, 0.15) is 5.54 Å².